The van der Waals surface area contributed by atoms with Gasteiger partial charge in [-0.3, -0.25) is 19.0 Å². The fourth-order valence-electron chi connectivity index (χ4n) is 3.21. The number of rotatable bonds is 10. The Morgan fingerprint density at radius 2 is 2.09 bits per heavy atom. The Morgan fingerprint density at radius 3 is 2.76 bits per heavy atom. The van der Waals surface area contributed by atoms with Crippen LogP contribution in [0.4, 0.5) is 0 Å². The number of aryl methyl sites for hydroxylation is 1. The molecular formula is C14H16N10O7S3. The van der Waals surface area contributed by atoms with Gasteiger partial charge in [-0.2, -0.15) is 8.42 Å². The first-order valence-corrected chi connectivity index (χ1v) is 13.0. The highest BCUT2D eigenvalue weighted by molar-refractivity contribution is 8.01. The Morgan fingerprint density at radius 1 is 1.29 bits per heavy atom. The summed E-state index contributed by atoms with van der Waals surface area (Å²) in [5, 5.41) is 33.3. The van der Waals surface area contributed by atoms with E-state index in [4.69, 9.17) is 4.55 Å². The summed E-state index contributed by atoms with van der Waals surface area (Å²) in [5.41, 5.74) is 0.263. The molecule has 0 aromatic carbocycles. The van der Waals surface area contributed by atoms with E-state index in [1.54, 1.807) is 0 Å². The van der Waals surface area contributed by atoms with Crippen LogP contribution in [0, 0.1) is 0 Å². The Kier molecular flexibility index (Phi) is 6.81. The van der Waals surface area contributed by atoms with Gasteiger partial charge in [-0.1, -0.05) is 11.8 Å². The van der Waals surface area contributed by atoms with Gasteiger partial charge in [-0.25, -0.2) is 14.2 Å². The average Bonchev–Trinajstić information content (AvgIpc) is 3.45. The lowest BCUT2D eigenvalue weighted by Gasteiger charge is -2.49. The number of fused-ring (bicyclic) bond motifs is 1. The normalized spacial score (nSPS) is 20.1. The molecule has 2 aromatic heterocycles. The van der Waals surface area contributed by atoms with Gasteiger partial charge < -0.3 is 10.4 Å². The number of aliphatic carboxylic acids is 1. The van der Waals surface area contributed by atoms with Crippen LogP contribution >= 0.6 is 23.5 Å². The lowest BCUT2D eigenvalue weighted by atomic mass is 10.0. The third-order valence-electron chi connectivity index (χ3n) is 4.70. The van der Waals surface area contributed by atoms with Crippen molar-refractivity contribution in [1.82, 2.24) is 50.6 Å². The summed E-state index contributed by atoms with van der Waals surface area (Å²) in [6.07, 6.45) is 1.25. The molecule has 1 saturated heterocycles. The highest BCUT2D eigenvalue weighted by atomic mass is 32.2. The van der Waals surface area contributed by atoms with Gasteiger partial charge in [-0.05, 0) is 26.4 Å². The third kappa shape index (κ3) is 5.18. The Hall–Kier alpha value is -3.10. The fourth-order valence-corrected chi connectivity index (χ4v) is 6.00. The maximum absolute atomic E-state index is 12.7. The van der Waals surface area contributed by atoms with Crippen molar-refractivity contribution in [2.24, 2.45) is 0 Å². The largest absolute Gasteiger partial charge is 0.477 e. The van der Waals surface area contributed by atoms with E-state index in [0.29, 0.717) is 5.57 Å². The maximum atomic E-state index is 12.7. The first kappa shape index (κ1) is 24.0. The number of thioether (sulfide) groups is 2. The van der Waals surface area contributed by atoms with Gasteiger partial charge in [0.1, 0.15) is 30.0 Å². The molecule has 1 unspecified atom stereocenters. The first-order valence-electron chi connectivity index (χ1n) is 9.38. The van der Waals surface area contributed by atoms with Crippen molar-refractivity contribution in [2.45, 2.75) is 29.7 Å². The molecule has 17 nitrogen and oxygen atoms in total. The summed E-state index contributed by atoms with van der Waals surface area (Å²) < 4.78 is 33.2. The number of amides is 2. The molecule has 182 valence electrons. The molecule has 2 amide bonds. The zero-order valence-corrected chi connectivity index (χ0v) is 19.4. The number of carboxylic acid groups (broad SMARTS) is 1. The van der Waals surface area contributed by atoms with E-state index < -0.39 is 45.1 Å². The monoisotopic (exact) mass is 532 g/mol. The molecule has 2 aliphatic rings. The van der Waals surface area contributed by atoms with E-state index in [1.807, 2.05) is 0 Å². The number of nitrogens with one attached hydrogen (secondary N) is 1. The van der Waals surface area contributed by atoms with Crippen molar-refractivity contribution < 1.29 is 32.5 Å². The third-order valence-corrected chi connectivity index (χ3v) is 7.78. The van der Waals surface area contributed by atoms with Crippen LogP contribution in [0.15, 0.2) is 22.8 Å². The SMILES string of the molecule is O=C(Cn1cnnn1)NC1C(=O)N2C(C(=O)O)=C(CSc3nnnn3CCS(=O)(=O)O)CS[C@H]12. The minimum atomic E-state index is -4.21. The number of aromatic nitrogens is 8. The van der Waals surface area contributed by atoms with Gasteiger partial charge in [0, 0.05) is 11.5 Å². The van der Waals surface area contributed by atoms with Crippen molar-refractivity contribution in [3.8, 4) is 0 Å². The quantitative estimate of drug-likeness (QED) is 0.158. The summed E-state index contributed by atoms with van der Waals surface area (Å²) in [4.78, 5) is 38.0. The van der Waals surface area contributed by atoms with Gasteiger partial charge in [0.2, 0.25) is 11.1 Å². The van der Waals surface area contributed by atoms with Crippen LogP contribution in [0.1, 0.15) is 0 Å². The Labute approximate surface area is 199 Å². The fraction of sp³-hybridized carbons (Fsp3) is 0.500. The molecule has 0 spiro atoms. The summed E-state index contributed by atoms with van der Waals surface area (Å²) in [5.74, 6) is -2.54. The predicted molar refractivity (Wildman–Crippen MR) is 112 cm³/mol. The van der Waals surface area contributed by atoms with Gasteiger partial charge in [0.25, 0.3) is 16.0 Å². The van der Waals surface area contributed by atoms with Crippen LogP contribution in [0.2, 0.25) is 0 Å². The molecule has 2 aliphatic heterocycles. The van der Waals surface area contributed by atoms with Crippen LogP contribution in [0.25, 0.3) is 0 Å². The van der Waals surface area contributed by atoms with Gasteiger partial charge in [-0.15, -0.1) is 22.0 Å². The number of carboxylic acids is 1. The minimum absolute atomic E-state index is 0.119. The number of hydrogen-bond donors (Lipinski definition) is 3. The maximum Gasteiger partial charge on any atom is 0.352 e. The standard InChI is InChI=1S/C14H16N10O7S3/c25-8(3-22-6-15-18-20-22)16-9-11(26)24-10(13(27)28)7(4-32-12(9)24)5-33-14-17-19-21-23(14)1-2-34(29,30)31/h6,9,12H,1-5H2,(H,16,25)(H,27,28)(H,29,30,31)/t9?,12-/m1/s1. The highest BCUT2D eigenvalue weighted by Crippen LogP contribution is 2.41. The van der Waals surface area contributed by atoms with Crippen molar-refractivity contribution in [3.63, 3.8) is 0 Å². The molecule has 0 saturated carbocycles. The topological polar surface area (TPSA) is 228 Å². The van der Waals surface area contributed by atoms with Crippen LogP contribution in [0.5, 0.6) is 0 Å². The van der Waals surface area contributed by atoms with E-state index in [1.165, 1.54) is 27.5 Å². The number of hydrogen-bond acceptors (Lipinski definition) is 13. The van der Waals surface area contributed by atoms with Crippen molar-refractivity contribution in [1.29, 1.82) is 0 Å². The van der Waals surface area contributed by atoms with E-state index in [2.05, 4.69) is 36.4 Å². The number of tetrazole rings is 2. The summed E-state index contributed by atoms with van der Waals surface area (Å²) in [6.45, 7) is -0.379. The molecule has 3 N–H and O–H groups in total. The van der Waals surface area contributed by atoms with Crippen LogP contribution < -0.4 is 5.32 Å². The molecule has 0 bridgehead atoms. The molecule has 1 fully saturated rings. The van der Waals surface area contributed by atoms with Crippen LogP contribution in [0.3, 0.4) is 0 Å². The van der Waals surface area contributed by atoms with Crippen molar-refractivity contribution in [3.05, 3.63) is 17.6 Å². The zero-order chi connectivity index (χ0) is 24.5. The number of carbonyl (C=O) groups is 3. The highest BCUT2D eigenvalue weighted by Gasteiger charge is 2.54. The molecule has 2 atom stereocenters. The average molecular weight is 533 g/mol. The lowest BCUT2D eigenvalue weighted by Crippen LogP contribution is -2.70. The Bertz CT molecular complexity index is 1240. The van der Waals surface area contributed by atoms with E-state index in [9.17, 15) is 27.9 Å². The molecule has 4 rings (SSSR count). The number of nitrogens with zero attached hydrogens (tertiary/aromatic N) is 9. The van der Waals surface area contributed by atoms with Gasteiger partial charge >= 0.3 is 5.97 Å². The Balaban J connectivity index is 1.42. The second kappa shape index (κ2) is 9.64. The van der Waals surface area contributed by atoms with Crippen molar-refractivity contribution >= 4 is 51.4 Å². The smallest absolute Gasteiger partial charge is 0.352 e. The first-order chi connectivity index (χ1) is 16.1. The zero-order valence-electron chi connectivity index (χ0n) is 17.0. The summed E-state index contributed by atoms with van der Waals surface area (Å²) >= 11 is 2.36. The van der Waals surface area contributed by atoms with E-state index >= 15 is 0 Å². The summed E-state index contributed by atoms with van der Waals surface area (Å²) in [6, 6.07) is -0.884. The number of carbonyl (C=O) groups excluding carboxylic acids is 2. The number of β-lactam (4-membered cyclic amide) rings is 1. The summed E-state index contributed by atoms with van der Waals surface area (Å²) in [7, 11) is -4.21. The van der Waals surface area contributed by atoms with Crippen LogP contribution in [-0.4, -0.2) is 110 Å². The second-order valence-electron chi connectivity index (χ2n) is 6.98. The van der Waals surface area contributed by atoms with E-state index in [0.717, 1.165) is 16.7 Å². The van der Waals surface area contributed by atoms with E-state index in [-0.39, 0.29) is 35.4 Å². The van der Waals surface area contributed by atoms with Crippen LogP contribution in [-0.2, 0) is 37.6 Å². The predicted octanol–water partition coefficient (Wildman–Crippen LogP) is -2.92. The molecular weight excluding hydrogens is 516 g/mol. The van der Waals surface area contributed by atoms with Gasteiger partial charge in [0.05, 0.1) is 12.3 Å². The molecule has 34 heavy (non-hydrogen) atoms. The molecule has 2 aromatic rings. The molecule has 4 heterocycles. The second-order valence-corrected chi connectivity index (χ2v) is 10.6. The van der Waals surface area contributed by atoms with Gasteiger partial charge in [0.15, 0.2) is 0 Å². The molecule has 20 heteroatoms. The van der Waals surface area contributed by atoms with Crippen molar-refractivity contribution in [2.75, 3.05) is 17.3 Å². The minimum Gasteiger partial charge on any atom is -0.477 e. The molecule has 0 aliphatic carbocycles. The lowest BCUT2D eigenvalue weighted by molar-refractivity contribution is -0.150. The molecule has 0 radical (unpaired) electrons.